The summed E-state index contributed by atoms with van der Waals surface area (Å²) in [5.74, 6) is -0.0327. The Morgan fingerprint density at radius 2 is 1.93 bits per heavy atom. The summed E-state index contributed by atoms with van der Waals surface area (Å²) in [6.07, 6.45) is -4.66. The zero-order chi connectivity index (χ0) is 11.4. The molecule has 0 saturated carbocycles. The minimum Gasteiger partial charge on any atom is -0.298 e. The molecule has 84 valence electrons. The number of alkyl halides is 3. The highest BCUT2D eigenvalue weighted by Crippen LogP contribution is 2.19. The third-order valence-corrected chi connectivity index (χ3v) is 2.22. The summed E-state index contributed by atoms with van der Waals surface area (Å²) in [5.41, 5.74) is 0. The van der Waals surface area contributed by atoms with Crippen molar-refractivity contribution in [3.05, 3.63) is 0 Å². The molecule has 0 aromatic rings. The second-order valence-electron chi connectivity index (χ2n) is 3.34. The fourth-order valence-electron chi connectivity index (χ4n) is 1.04. The van der Waals surface area contributed by atoms with Gasteiger partial charge in [-0.15, -0.1) is 0 Å². The van der Waals surface area contributed by atoms with Crippen LogP contribution >= 0.6 is 0 Å². The zero-order valence-corrected chi connectivity index (χ0v) is 8.69. The molecule has 5 heteroatoms. The Hall–Kier alpha value is -0.580. The van der Waals surface area contributed by atoms with E-state index in [9.17, 15) is 18.0 Å². The average molecular weight is 211 g/mol. The van der Waals surface area contributed by atoms with Gasteiger partial charge in [-0.1, -0.05) is 6.92 Å². The number of carbonyl (C=O) groups excluding carboxylic acids is 1. The number of nitrogens with zero attached hydrogens (tertiary/aromatic N) is 1. The first-order chi connectivity index (χ1) is 6.28. The van der Waals surface area contributed by atoms with Gasteiger partial charge in [0.2, 0.25) is 0 Å². The minimum atomic E-state index is -4.15. The van der Waals surface area contributed by atoms with E-state index in [4.69, 9.17) is 0 Å². The molecule has 1 unspecified atom stereocenters. The van der Waals surface area contributed by atoms with Crippen molar-refractivity contribution in [3.63, 3.8) is 0 Å². The van der Waals surface area contributed by atoms with Gasteiger partial charge in [0.25, 0.3) is 0 Å². The normalized spacial score (nSPS) is 14.5. The lowest BCUT2D eigenvalue weighted by Gasteiger charge is -2.23. The highest BCUT2D eigenvalue weighted by molar-refractivity contribution is 5.83. The van der Waals surface area contributed by atoms with Crippen LogP contribution in [0, 0.1) is 0 Å². The van der Waals surface area contributed by atoms with Crippen LogP contribution in [0.15, 0.2) is 0 Å². The number of rotatable bonds is 5. The summed E-state index contributed by atoms with van der Waals surface area (Å²) in [6, 6.07) is -0.428. The molecule has 0 aromatic carbocycles. The van der Waals surface area contributed by atoms with Gasteiger partial charge in [-0.25, -0.2) is 0 Å². The van der Waals surface area contributed by atoms with Crippen molar-refractivity contribution in [1.29, 1.82) is 0 Å². The number of Topliss-reactive ketones (excluding diaryl/α,β-unsaturated/α-hetero) is 1. The van der Waals surface area contributed by atoms with Crippen LogP contribution in [0.3, 0.4) is 0 Å². The van der Waals surface area contributed by atoms with Crippen LogP contribution in [-0.2, 0) is 4.79 Å². The molecular formula is C9H16F3NO. The average Bonchev–Trinajstić information content (AvgIpc) is 2.10. The van der Waals surface area contributed by atoms with Crippen LogP contribution in [0.1, 0.15) is 26.7 Å². The fraction of sp³-hybridized carbons (Fsp3) is 0.889. The maximum absolute atomic E-state index is 11.9. The van der Waals surface area contributed by atoms with Gasteiger partial charge in [-0.3, -0.25) is 9.69 Å². The van der Waals surface area contributed by atoms with Crippen molar-refractivity contribution < 1.29 is 18.0 Å². The molecule has 0 aliphatic rings. The minimum absolute atomic E-state index is 0.0327. The number of likely N-dealkylation sites (N-methyl/N-ethyl adjacent to an activating group) is 1. The topological polar surface area (TPSA) is 20.3 Å². The molecule has 0 aliphatic carbocycles. The molecule has 0 rings (SSSR count). The van der Waals surface area contributed by atoms with Gasteiger partial charge in [0, 0.05) is 13.0 Å². The molecule has 0 saturated heterocycles. The first kappa shape index (κ1) is 13.4. The Morgan fingerprint density at radius 1 is 1.43 bits per heavy atom. The van der Waals surface area contributed by atoms with E-state index >= 15 is 0 Å². The zero-order valence-electron chi connectivity index (χ0n) is 8.69. The molecule has 0 amide bonds. The van der Waals surface area contributed by atoms with Gasteiger partial charge in [-0.05, 0) is 14.0 Å². The number of carbonyl (C=O) groups is 1. The molecule has 1 atom stereocenters. The van der Waals surface area contributed by atoms with Crippen LogP contribution in [-0.4, -0.2) is 36.5 Å². The maximum atomic E-state index is 11.9. The molecule has 14 heavy (non-hydrogen) atoms. The van der Waals surface area contributed by atoms with Crippen molar-refractivity contribution in [3.8, 4) is 0 Å². The SMILES string of the molecule is CCC(=O)C(C)N(C)CCC(F)(F)F. The van der Waals surface area contributed by atoms with E-state index < -0.39 is 18.6 Å². The van der Waals surface area contributed by atoms with E-state index in [1.165, 1.54) is 11.9 Å². The molecule has 0 aliphatic heterocycles. The van der Waals surface area contributed by atoms with Crippen molar-refractivity contribution in [2.45, 2.75) is 38.9 Å². The van der Waals surface area contributed by atoms with Gasteiger partial charge < -0.3 is 0 Å². The Balaban J connectivity index is 3.96. The molecule has 0 N–H and O–H groups in total. The highest BCUT2D eigenvalue weighted by atomic mass is 19.4. The molecule has 0 aromatic heterocycles. The predicted molar refractivity (Wildman–Crippen MR) is 48.1 cm³/mol. The van der Waals surface area contributed by atoms with E-state index in [0.717, 1.165) is 0 Å². The summed E-state index contributed by atoms with van der Waals surface area (Å²) < 4.78 is 35.6. The lowest BCUT2D eigenvalue weighted by molar-refractivity contribution is -0.140. The van der Waals surface area contributed by atoms with Crippen molar-refractivity contribution in [1.82, 2.24) is 4.90 Å². The lowest BCUT2D eigenvalue weighted by Crippen LogP contribution is -2.37. The van der Waals surface area contributed by atoms with E-state index in [1.807, 2.05) is 0 Å². The molecule has 0 fully saturated rings. The summed E-state index contributed by atoms with van der Waals surface area (Å²) in [6.45, 7) is 3.20. The molecule has 0 heterocycles. The van der Waals surface area contributed by atoms with Crippen LogP contribution in [0.25, 0.3) is 0 Å². The van der Waals surface area contributed by atoms with Gasteiger partial charge in [0.15, 0.2) is 0 Å². The smallest absolute Gasteiger partial charge is 0.298 e. The van der Waals surface area contributed by atoms with E-state index in [2.05, 4.69) is 0 Å². The number of hydrogen-bond acceptors (Lipinski definition) is 2. The van der Waals surface area contributed by atoms with Crippen molar-refractivity contribution in [2.24, 2.45) is 0 Å². The maximum Gasteiger partial charge on any atom is 0.390 e. The number of ketones is 1. The Morgan fingerprint density at radius 3 is 2.29 bits per heavy atom. The van der Waals surface area contributed by atoms with Crippen molar-refractivity contribution >= 4 is 5.78 Å². The summed E-state index contributed by atoms with van der Waals surface area (Å²) in [4.78, 5) is 12.6. The van der Waals surface area contributed by atoms with E-state index in [0.29, 0.717) is 6.42 Å². The van der Waals surface area contributed by atoms with Gasteiger partial charge in [-0.2, -0.15) is 13.2 Å². The third-order valence-electron chi connectivity index (χ3n) is 2.22. The Kier molecular flexibility index (Phi) is 5.12. The van der Waals surface area contributed by atoms with E-state index in [-0.39, 0.29) is 12.3 Å². The third kappa shape index (κ3) is 5.21. The summed E-state index contributed by atoms with van der Waals surface area (Å²) in [5, 5.41) is 0. The first-order valence-corrected chi connectivity index (χ1v) is 4.57. The highest BCUT2D eigenvalue weighted by Gasteiger charge is 2.28. The second-order valence-corrected chi connectivity index (χ2v) is 3.34. The number of halogens is 3. The number of hydrogen-bond donors (Lipinski definition) is 0. The standard InChI is InChI=1S/C9H16F3NO/c1-4-8(14)7(2)13(3)6-5-9(10,11)12/h7H,4-6H2,1-3H3. The Bertz CT molecular complexity index is 191. The van der Waals surface area contributed by atoms with Crippen LogP contribution < -0.4 is 0 Å². The quantitative estimate of drug-likeness (QED) is 0.695. The lowest BCUT2D eigenvalue weighted by atomic mass is 10.1. The Labute approximate surface area is 82.1 Å². The molecular weight excluding hydrogens is 195 g/mol. The monoisotopic (exact) mass is 211 g/mol. The van der Waals surface area contributed by atoms with Crippen LogP contribution in [0.2, 0.25) is 0 Å². The first-order valence-electron chi connectivity index (χ1n) is 4.57. The summed E-state index contributed by atoms with van der Waals surface area (Å²) >= 11 is 0. The molecule has 2 nitrogen and oxygen atoms in total. The predicted octanol–water partition coefficient (Wildman–Crippen LogP) is 2.24. The van der Waals surface area contributed by atoms with Gasteiger partial charge >= 0.3 is 6.18 Å². The molecule has 0 bridgehead atoms. The summed E-state index contributed by atoms with van der Waals surface area (Å²) in [7, 11) is 1.53. The van der Waals surface area contributed by atoms with Gasteiger partial charge in [0.05, 0.1) is 12.5 Å². The molecule has 0 radical (unpaired) electrons. The van der Waals surface area contributed by atoms with E-state index in [1.54, 1.807) is 13.8 Å². The van der Waals surface area contributed by atoms with Crippen molar-refractivity contribution in [2.75, 3.05) is 13.6 Å². The van der Waals surface area contributed by atoms with Crippen LogP contribution in [0.4, 0.5) is 13.2 Å². The fourth-order valence-corrected chi connectivity index (χ4v) is 1.04. The molecule has 0 spiro atoms. The van der Waals surface area contributed by atoms with Gasteiger partial charge in [0.1, 0.15) is 5.78 Å². The second kappa shape index (κ2) is 5.34. The van der Waals surface area contributed by atoms with Crippen LogP contribution in [0.5, 0.6) is 0 Å². The largest absolute Gasteiger partial charge is 0.390 e.